The van der Waals surface area contributed by atoms with E-state index >= 15 is 0 Å². The van der Waals surface area contributed by atoms with Gasteiger partial charge in [0.25, 0.3) is 0 Å². The number of amides is 3. The fourth-order valence-corrected chi connectivity index (χ4v) is 3.46. The van der Waals surface area contributed by atoms with Crippen LogP contribution in [0.2, 0.25) is 0 Å². The Morgan fingerprint density at radius 1 is 1.33 bits per heavy atom. The van der Waals surface area contributed by atoms with Gasteiger partial charge in [-0.15, -0.1) is 11.3 Å². The molecular weight excluding hydrogens is 324 g/mol. The Kier molecular flexibility index (Phi) is 4.77. The lowest BCUT2D eigenvalue weighted by atomic mass is 10.1. The van der Waals surface area contributed by atoms with E-state index in [-0.39, 0.29) is 12.5 Å². The first-order valence-corrected chi connectivity index (χ1v) is 8.41. The summed E-state index contributed by atoms with van der Waals surface area (Å²) in [6.45, 7) is 1.23. The molecule has 2 aromatic rings. The molecule has 3 amide bonds. The van der Waals surface area contributed by atoms with E-state index in [9.17, 15) is 9.59 Å². The second-order valence-electron chi connectivity index (χ2n) is 5.43. The molecule has 0 radical (unpaired) electrons. The Balaban J connectivity index is 1.49. The van der Waals surface area contributed by atoms with Gasteiger partial charge in [0.2, 0.25) is 5.91 Å². The molecule has 0 spiro atoms. The number of hydrogen-bond acceptors (Lipinski definition) is 4. The molecule has 1 aliphatic heterocycles. The number of thiophene rings is 1. The van der Waals surface area contributed by atoms with Gasteiger partial charge in [0, 0.05) is 23.7 Å². The van der Waals surface area contributed by atoms with Crippen LogP contribution < -0.4 is 10.6 Å². The number of nitrogens with one attached hydrogen (secondary N) is 2. The number of carbonyl (C=O) groups is 2. The molecule has 2 heterocycles. The Bertz CT molecular complexity index is 809. The van der Waals surface area contributed by atoms with E-state index in [2.05, 4.69) is 10.6 Å². The van der Waals surface area contributed by atoms with Crippen LogP contribution in [-0.4, -0.2) is 29.9 Å². The summed E-state index contributed by atoms with van der Waals surface area (Å²) in [5.74, 6) is -0.104. The van der Waals surface area contributed by atoms with Gasteiger partial charge in [-0.25, -0.2) is 4.79 Å². The van der Waals surface area contributed by atoms with Crippen molar-refractivity contribution in [3.8, 4) is 6.07 Å². The zero-order chi connectivity index (χ0) is 16.9. The van der Waals surface area contributed by atoms with E-state index in [0.717, 1.165) is 6.42 Å². The standard InChI is InChI=1S/C17H16N4O2S/c18-9-12-2-1-3-14(8-12)20-17(23)19-10-16(22)21-6-4-15-13(11-21)5-7-24-15/h1-3,5,7-8H,4,6,10-11H2,(H2,19,20,23). The van der Waals surface area contributed by atoms with E-state index in [4.69, 9.17) is 5.26 Å². The number of fused-ring (bicyclic) bond motifs is 1. The van der Waals surface area contributed by atoms with E-state index in [1.165, 1.54) is 10.4 Å². The number of carbonyl (C=O) groups excluding carboxylic acids is 2. The predicted molar refractivity (Wildman–Crippen MR) is 91.6 cm³/mol. The predicted octanol–water partition coefficient (Wildman–Crippen LogP) is 2.33. The van der Waals surface area contributed by atoms with Crippen molar-refractivity contribution in [2.24, 2.45) is 0 Å². The topological polar surface area (TPSA) is 85.2 Å². The second-order valence-corrected chi connectivity index (χ2v) is 6.44. The minimum Gasteiger partial charge on any atom is -0.336 e. The van der Waals surface area contributed by atoms with Crippen molar-refractivity contribution in [1.29, 1.82) is 5.26 Å². The summed E-state index contributed by atoms with van der Waals surface area (Å²) in [5.41, 5.74) is 2.17. The second kappa shape index (κ2) is 7.15. The van der Waals surface area contributed by atoms with E-state index < -0.39 is 6.03 Å². The molecule has 1 aliphatic rings. The van der Waals surface area contributed by atoms with Crippen LogP contribution in [-0.2, 0) is 17.8 Å². The Hall–Kier alpha value is -2.85. The third-order valence-corrected chi connectivity index (χ3v) is 4.83. The highest BCUT2D eigenvalue weighted by Gasteiger charge is 2.21. The summed E-state index contributed by atoms with van der Waals surface area (Å²) in [4.78, 5) is 27.2. The zero-order valence-electron chi connectivity index (χ0n) is 12.9. The lowest BCUT2D eigenvalue weighted by Crippen LogP contribution is -2.43. The Morgan fingerprint density at radius 3 is 3.04 bits per heavy atom. The first-order valence-electron chi connectivity index (χ1n) is 7.54. The molecule has 1 aromatic carbocycles. The minimum absolute atomic E-state index is 0.0523. The van der Waals surface area contributed by atoms with Crippen molar-refractivity contribution in [2.45, 2.75) is 13.0 Å². The molecule has 7 heteroatoms. The minimum atomic E-state index is -0.466. The first-order chi connectivity index (χ1) is 11.7. The molecule has 0 aliphatic carbocycles. The average molecular weight is 340 g/mol. The SMILES string of the molecule is N#Cc1cccc(NC(=O)NCC(=O)N2CCc3sccc3C2)c1. The number of benzene rings is 1. The molecule has 2 N–H and O–H groups in total. The van der Waals surface area contributed by atoms with Gasteiger partial charge < -0.3 is 15.5 Å². The summed E-state index contributed by atoms with van der Waals surface area (Å²) in [7, 11) is 0. The number of nitrogens with zero attached hydrogens (tertiary/aromatic N) is 2. The van der Waals surface area contributed by atoms with Crippen LogP contribution in [0.3, 0.4) is 0 Å². The summed E-state index contributed by atoms with van der Waals surface area (Å²) in [5, 5.41) is 16.1. The van der Waals surface area contributed by atoms with Gasteiger partial charge in [-0.1, -0.05) is 6.07 Å². The van der Waals surface area contributed by atoms with Crippen LogP contribution in [0.5, 0.6) is 0 Å². The van der Waals surface area contributed by atoms with Crippen LogP contribution in [0.15, 0.2) is 35.7 Å². The zero-order valence-corrected chi connectivity index (χ0v) is 13.7. The van der Waals surface area contributed by atoms with Gasteiger partial charge in [-0.05, 0) is 41.6 Å². The fraction of sp³-hybridized carbons (Fsp3) is 0.235. The highest BCUT2D eigenvalue weighted by molar-refractivity contribution is 7.10. The van der Waals surface area contributed by atoms with Gasteiger partial charge in [-0.2, -0.15) is 5.26 Å². The number of rotatable bonds is 3. The van der Waals surface area contributed by atoms with Gasteiger partial charge in [0.15, 0.2) is 0 Å². The molecule has 0 fully saturated rings. The first kappa shape index (κ1) is 16.0. The third kappa shape index (κ3) is 3.73. The van der Waals surface area contributed by atoms with Crippen molar-refractivity contribution in [2.75, 3.05) is 18.4 Å². The number of nitriles is 1. The van der Waals surface area contributed by atoms with Gasteiger partial charge >= 0.3 is 6.03 Å². The maximum Gasteiger partial charge on any atom is 0.319 e. The fourth-order valence-electron chi connectivity index (χ4n) is 2.57. The van der Waals surface area contributed by atoms with Gasteiger partial charge in [0.05, 0.1) is 18.2 Å². The van der Waals surface area contributed by atoms with Crippen molar-refractivity contribution < 1.29 is 9.59 Å². The van der Waals surface area contributed by atoms with E-state index in [1.54, 1.807) is 40.5 Å². The Labute approximate surface area is 143 Å². The van der Waals surface area contributed by atoms with Crippen LogP contribution in [0.4, 0.5) is 10.5 Å². The quantitative estimate of drug-likeness (QED) is 0.899. The molecule has 0 saturated carbocycles. The molecule has 3 rings (SSSR count). The van der Waals surface area contributed by atoms with Crippen LogP contribution in [0.25, 0.3) is 0 Å². The molecule has 24 heavy (non-hydrogen) atoms. The van der Waals surface area contributed by atoms with Crippen LogP contribution in [0, 0.1) is 11.3 Å². The molecule has 0 atom stereocenters. The summed E-state index contributed by atoms with van der Waals surface area (Å²) in [6, 6.07) is 10.2. The van der Waals surface area contributed by atoms with Crippen LogP contribution in [0.1, 0.15) is 16.0 Å². The van der Waals surface area contributed by atoms with Crippen molar-refractivity contribution >= 4 is 29.0 Å². The van der Waals surface area contributed by atoms with Crippen LogP contribution >= 0.6 is 11.3 Å². The Morgan fingerprint density at radius 2 is 2.21 bits per heavy atom. The third-order valence-electron chi connectivity index (χ3n) is 3.81. The smallest absolute Gasteiger partial charge is 0.319 e. The van der Waals surface area contributed by atoms with E-state index in [1.807, 2.05) is 17.5 Å². The molecule has 122 valence electrons. The van der Waals surface area contributed by atoms with E-state index in [0.29, 0.717) is 24.3 Å². The highest BCUT2D eigenvalue weighted by Crippen LogP contribution is 2.23. The average Bonchev–Trinajstić information content (AvgIpc) is 3.07. The molecule has 1 aromatic heterocycles. The molecule has 0 bridgehead atoms. The van der Waals surface area contributed by atoms with Crippen molar-refractivity contribution in [3.63, 3.8) is 0 Å². The number of urea groups is 1. The maximum absolute atomic E-state index is 12.2. The van der Waals surface area contributed by atoms with Crippen molar-refractivity contribution in [1.82, 2.24) is 10.2 Å². The maximum atomic E-state index is 12.2. The molecule has 0 saturated heterocycles. The summed E-state index contributed by atoms with van der Waals surface area (Å²) < 4.78 is 0. The molecular formula is C17H16N4O2S. The largest absolute Gasteiger partial charge is 0.336 e. The number of anilines is 1. The van der Waals surface area contributed by atoms with Crippen molar-refractivity contribution in [3.05, 3.63) is 51.7 Å². The van der Waals surface area contributed by atoms with Gasteiger partial charge in [-0.3, -0.25) is 4.79 Å². The highest BCUT2D eigenvalue weighted by atomic mass is 32.1. The molecule has 0 unspecified atom stereocenters. The molecule has 6 nitrogen and oxygen atoms in total. The lowest BCUT2D eigenvalue weighted by molar-refractivity contribution is -0.130. The lowest BCUT2D eigenvalue weighted by Gasteiger charge is -2.27. The normalized spacial score (nSPS) is 12.9. The summed E-state index contributed by atoms with van der Waals surface area (Å²) >= 11 is 1.72. The number of hydrogen-bond donors (Lipinski definition) is 2. The van der Waals surface area contributed by atoms with Gasteiger partial charge in [0.1, 0.15) is 0 Å². The summed E-state index contributed by atoms with van der Waals surface area (Å²) in [6.07, 6.45) is 0.867. The monoisotopic (exact) mass is 340 g/mol.